The summed E-state index contributed by atoms with van der Waals surface area (Å²) in [6.45, 7) is 4.76. The Morgan fingerprint density at radius 2 is 2.23 bits per heavy atom. The second-order valence-electron chi connectivity index (χ2n) is 5.05. The Bertz CT molecular complexity index is 249. The fourth-order valence-electron chi connectivity index (χ4n) is 2.99. The molecule has 1 saturated carbocycles. The van der Waals surface area contributed by atoms with Crippen molar-refractivity contribution in [2.75, 3.05) is 18.8 Å². The molecule has 74 valence electrons. The predicted molar refractivity (Wildman–Crippen MR) is 54.0 cm³/mol. The van der Waals surface area contributed by atoms with Crippen LogP contribution in [-0.2, 0) is 10.8 Å². The van der Waals surface area contributed by atoms with Crippen LogP contribution in [0.25, 0.3) is 0 Å². The number of hydrogen-bond donors (Lipinski definition) is 0. The van der Waals surface area contributed by atoms with E-state index in [1.54, 1.807) is 0 Å². The highest BCUT2D eigenvalue weighted by Crippen LogP contribution is 2.39. The highest BCUT2D eigenvalue weighted by atomic mass is 32.2. The SMILES string of the molecule is CC1CC(CN2CC3C2CS3=O)C1. The Kier molecular flexibility index (Phi) is 1.81. The minimum atomic E-state index is -0.448. The van der Waals surface area contributed by atoms with Crippen molar-refractivity contribution in [3.05, 3.63) is 0 Å². The van der Waals surface area contributed by atoms with E-state index in [2.05, 4.69) is 11.8 Å². The molecule has 0 N–H and O–H groups in total. The van der Waals surface area contributed by atoms with E-state index in [-0.39, 0.29) is 0 Å². The summed E-state index contributed by atoms with van der Waals surface area (Å²) < 4.78 is 11.1. The second-order valence-corrected chi connectivity index (χ2v) is 6.75. The molecule has 0 aromatic heterocycles. The quantitative estimate of drug-likeness (QED) is 0.657. The molecule has 0 spiro atoms. The zero-order chi connectivity index (χ0) is 9.00. The zero-order valence-corrected chi connectivity index (χ0v) is 8.93. The summed E-state index contributed by atoms with van der Waals surface area (Å²) in [5, 5.41) is 0.567. The average molecular weight is 199 g/mol. The molecule has 3 fully saturated rings. The van der Waals surface area contributed by atoms with Crippen molar-refractivity contribution in [2.24, 2.45) is 11.8 Å². The molecule has 3 atom stereocenters. The third-order valence-corrected chi connectivity index (χ3v) is 5.76. The molecule has 3 heteroatoms. The molecule has 2 saturated heterocycles. The van der Waals surface area contributed by atoms with Crippen LogP contribution in [0.1, 0.15) is 19.8 Å². The topological polar surface area (TPSA) is 20.3 Å². The van der Waals surface area contributed by atoms with Gasteiger partial charge in [-0.05, 0) is 24.7 Å². The first-order valence-corrected chi connectivity index (χ1v) is 6.73. The van der Waals surface area contributed by atoms with Crippen LogP contribution in [0.15, 0.2) is 0 Å². The van der Waals surface area contributed by atoms with Gasteiger partial charge >= 0.3 is 0 Å². The molecular formula is C10H17NOS. The molecule has 0 aromatic carbocycles. The Labute approximate surface area is 82.1 Å². The summed E-state index contributed by atoms with van der Waals surface area (Å²) in [5.74, 6) is 2.90. The van der Waals surface area contributed by atoms with Gasteiger partial charge in [0.15, 0.2) is 0 Å². The summed E-state index contributed by atoms with van der Waals surface area (Å²) in [4.78, 5) is 2.56. The lowest BCUT2D eigenvalue weighted by Gasteiger charge is -2.56. The summed E-state index contributed by atoms with van der Waals surface area (Å²) in [5.41, 5.74) is 0. The Morgan fingerprint density at radius 3 is 2.69 bits per heavy atom. The van der Waals surface area contributed by atoms with E-state index in [0.29, 0.717) is 5.25 Å². The first kappa shape index (κ1) is 8.42. The van der Waals surface area contributed by atoms with Crippen molar-refractivity contribution in [3.63, 3.8) is 0 Å². The maximum atomic E-state index is 11.1. The summed E-state index contributed by atoms with van der Waals surface area (Å²) >= 11 is 0. The van der Waals surface area contributed by atoms with Gasteiger partial charge in [0.05, 0.1) is 5.25 Å². The van der Waals surface area contributed by atoms with E-state index < -0.39 is 10.8 Å². The third-order valence-electron chi connectivity index (χ3n) is 3.95. The van der Waals surface area contributed by atoms with Gasteiger partial charge in [0.1, 0.15) is 0 Å². The van der Waals surface area contributed by atoms with Gasteiger partial charge in [-0.25, -0.2) is 0 Å². The van der Waals surface area contributed by atoms with Crippen molar-refractivity contribution in [3.8, 4) is 0 Å². The van der Waals surface area contributed by atoms with E-state index in [0.717, 1.165) is 30.2 Å². The molecule has 0 aromatic rings. The Hall–Kier alpha value is 0.110. The summed E-state index contributed by atoms with van der Waals surface area (Å²) in [6.07, 6.45) is 2.86. The Balaban J connectivity index is 1.46. The van der Waals surface area contributed by atoms with E-state index in [4.69, 9.17) is 0 Å². The van der Waals surface area contributed by atoms with Crippen LogP contribution in [0.2, 0.25) is 0 Å². The number of nitrogens with zero attached hydrogens (tertiary/aromatic N) is 1. The van der Waals surface area contributed by atoms with Gasteiger partial charge in [0.25, 0.3) is 0 Å². The minimum Gasteiger partial charge on any atom is -0.297 e. The van der Waals surface area contributed by atoms with E-state index in [1.165, 1.54) is 19.4 Å². The number of fused-ring (bicyclic) bond motifs is 1. The fraction of sp³-hybridized carbons (Fsp3) is 1.00. The smallest absolute Gasteiger partial charge is 0.0639 e. The maximum absolute atomic E-state index is 11.1. The van der Waals surface area contributed by atoms with Gasteiger partial charge in [-0.3, -0.25) is 9.11 Å². The van der Waals surface area contributed by atoms with Gasteiger partial charge in [0, 0.05) is 35.7 Å². The van der Waals surface area contributed by atoms with Gasteiger partial charge in [-0.1, -0.05) is 6.92 Å². The van der Waals surface area contributed by atoms with Crippen molar-refractivity contribution in [1.29, 1.82) is 0 Å². The lowest BCUT2D eigenvalue weighted by Crippen LogP contribution is -2.72. The average Bonchev–Trinajstić information content (AvgIpc) is 2.03. The zero-order valence-electron chi connectivity index (χ0n) is 8.11. The lowest BCUT2D eigenvalue weighted by atomic mass is 9.75. The van der Waals surface area contributed by atoms with Crippen LogP contribution in [0.4, 0.5) is 0 Å². The van der Waals surface area contributed by atoms with E-state index in [9.17, 15) is 4.21 Å². The highest BCUT2D eigenvalue weighted by molar-refractivity contribution is 7.87. The van der Waals surface area contributed by atoms with Crippen molar-refractivity contribution in [1.82, 2.24) is 4.90 Å². The first-order chi connectivity index (χ1) is 6.24. The molecule has 2 aliphatic heterocycles. The molecule has 0 amide bonds. The largest absolute Gasteiger partial charge is 0.297 e. The van der Waals surface area contributed by atoms with Gasteiger partial charge in [-0.2, -0.15) is 0 Å². The van der Waals surface area contributed by atoms with Crippen LogP contribution in [0.5, 0.6) is 0 Å². The van der Waals surface area contributed by atoms with Crippen molar-refractivity contribution >= 4 is 10.8 Å². The first-order valence-electron chi connectivity index (χ1n) is 5.35. The number of hydrogen-bond acceptors (Lipinski definition) is 2. The van der Waals surface area contributed by atoms with Crippen LogP contribution >= 0.6 is 0 Å². The molecule has 3 unspecified atom stereocenters. The van der Waals surface area contributed by atoms with Gasteiger partial charge < -0.3 is 0 Å². The van der Waals surface area contributed by atoms with E-state index >= 15 is 0 Å². The van der Waals surface area contributed by atoms with Crippen molar-refractivity contribution in [2.45, 2.75) is 31.1 Å². The molecule has 2 heterocycles. The van der Waals surface area contributed by atoms with Crippen LogP contribution in [0, 0.1) is 11.8 Å². The van der Waals surface area contributed by atoms with Gasteiger partial charge in [-0.15, -0.1) is 0 Å². The Morgan fingerprint density at radius 1 is 1.46 bits per heavy atom. The van der Waals surface area contributed by atoms with Crippen LogP contribution < -0.4 is 0 Å². The molecule has 0 bridgehead atoms. The standard InChI is InChI=1S/C10H17NOS/c1-7-2-8(3-7)4-11-5-10-9(11)6-13(10)12/h7-10H,2-6H2,1H3. The maximum Gasteiger partial charge on any atom is 0.0639 e. The second kappa shape index (κ2) is 2.80. The molecule has 0 radical (unpaired) electrons. The molecule has 3 rings (SSSR count). The van der Waals surface area contributed by atoms with Crippen molar-refractivity contribution < 1.29 is 4.21 Å². The minimum absolute atomic E-state index is 0.448. The normalized spacial score (nSPS) is 54.4. The fourth-order valence-corrected chi connectivity index (χ4v) is 4.63. The van der Waals surface area contributed by atoms with E-state index in [1.807, 2.05) is 0 Å². The monoisotopic (exact) mass is 199 g/mol. The van der Waals surface area contributed by atoms with Gasteiger partial charge in [0.2, 0.25) is 0 Å². The number of rotatable bonds is 2. The molecule has 3 aliphatic rings. The third kappa shape index (κ3) is 1.20. The summed E-state index contributed by atoms with van der Waals surface area (Å²) in [6, 6.07) is 0.719. The summed E-state index contributed by atoms with van der Waals surface area (Å²) in [7, 11) is -0.448. The van der Waals surface area contributed by atoms with Crippen LogP contribution in [0.3, 0.4) is 0 Å². The highest BCUT2D eigenvalue weighted by Gasteiger charge is 2.52. The number of likely N-dealkylation sites (tertiary alicyclic amines) is 1. The molecular weight excluding hydrogens is 182 g/mol. The molecule has 1 aliphatic carbocycles. The molecule has 13 heavy (non-hydrogen) atoms. The predicted octanol–water partition coefficient (Wildman–Crippen LogP) is 0.848. The van der Waals surface area contributed by atoms with Crippen LogP contribution in [-0.4, -0.2) is 39.2 Å². The molecule has 2 nitrogen and oxygen atoms in total. The lowest BCUT2D eigenvalue weighted by molar-refractivity contribution is 0.0441.